The van der Waals surface area contributed by atoms with Crippen molar-refractivity contribution in [3.05, 3.63) is 33.8 Å². The van der Waals surface area contributed by atoms with Gasteiger partial charge in [0.2, 0.25) is 0 Å². The van der Waals surface area contributed by atoms with Gasteiger partial charge in [-0.3, -0.25) is 4.79 Å². The largest absolute Gasteiger partial charge is 0.346 e. The van der Waals surface area contributed by atoms with Gasteiger partial charge in [-0.15, -0.1) is 11.3 Å². The molecule has 3 heterocycles. The van der Waals surface area contributed by atoms with Crippen LogP contribution < -0.4 is 5.32 Å². The number of nitrogens with zero attached hydrogens (tertiary/aromatic N) is 3. The molecule has 0 fully saturated rings. The fourth-order valence-corrected chi connectivity index (χ4v) is 3.44. The number of carbonyl (C=O) groups is 1. The number of hydrogen-bond donors (Lipinski definition) is 1. The minimum atomic E-state index is -0.0663. The number of amides is 1. The van der Waals surface area contributed by atoms with Crippen LogP contribution in [0.4, 0.5) is 0 Å². The summed E-state index contributed by atoms with van der Waals surface area (Å²) >= 11 is 1.55. The average molecular weight is 304 g/mol. The van der Waals surface area contributed by atoms with Crippen molar-refractivity contribution < 1.29 is 4.79 Å². The van der Waals surface area contributed by atoms with Crippen molar-refractivity contribution in [3.8, 4) is 0 Å². The second kappa shape index (κ2) is 5.60. The SMILES string of the molecule is Cc1cn2c(n1)CC[C@@H](NC(=O)c1csc(C(C)C)n1)C2. The molecule has 112 valence electrons. The lowest BCUT2D eigenvalue weighted by Gasteiger charge is -2.24. The number of imidazole rings is 1. The van der Waals surface area contributed by atoms with Crippen LogP contribution in [0.1, 0.15) is 53.2 Å². The normalized spacial score (nSPS) is 17.8. The van der Waals surface area contributed by atoms with Crippen molar-refractivity contribution in [2.45, 2.75) is 52.1 Å². The predicted octanol–water partition coefficient (Wildman–Crippen LogP) is 2.52. The van der Waals surface area contributed by atoms with E-state index in [1.54, 1.807) is 11.3 Å². The number of carbonyl (C=O) groups excluding carboxylic acids is 1. The number of nitrogens with one attached hydrogen (secondary N) is 1. The van der Waals surface area contributed by atoms with Gasteiger partial charge in [0.1, 0.15) is 11.5 Å². The van der Waals surface area contributed by atoms with Crippen molar-refractivity contribution in [1.29, 1.82) is 0 Å². The summed E-state index contributed by atoms with van der Waals surface area (Å²) in [6.07, 6.45) is 3.89. The van der Waals surface area contributed by atoms with Crippen LogP contribution in [0.5, 0.6) is 0 Å². The van der Waals surface area contributed by atoms with Crippen LogP contribution in [-0.4, -0.2) is 26.5 Å². The summed E-state index contributed by atoms with van der Waals surface area (Å²) in [7, 11) is 0. The lowest BCUT2D eigenvalue weighted by atomic mass is 10.1. The highest BCUT2D eigenvalue weighted by Crippen LogP contribution is 2.20. The third-order valence-electron chi connectivity index (χ3n) is 3.70. The maximum absolute atomic E-state index is 12.3. The fraction of sp³-hybridized carbons (Fsp3) is 0.533. The van der Waals surface area contributed by atoms with Crippen LogP contribution in [0.15, 0.2) is 11.6 Å². The van der Waals surface area contributed by atoms with E-state index in [0.717, 1.165) is 35.9 Å². The van der Waals surface area contributed by atoms with E-state index in [2.05, 4.69) is 33.7 Å². The Balaban J connectivity index is 1.65. The molecule has 5 nitrogen and oxygen atoms in total. The Morgan fingerprint density at radius 3 is 3.00 bits per heavy atom. The molecule has 1 aliphatic rings. The molecule has 1 N–H and O–H groups in total. The lowest BCUT2D eigenvalue weighted by Crippen LogP contribution is -2.41. The van der Waals surface area contributed by atoms with Crippen molar-refractivity contribution in [2.24, 2.45) is 0 Å². The van der Waals surface area contributed by atoms with Gasteiger partial charge in [0.15, 0.2) is 0 Å². The van der Waals surface area contributed by atoms with Crippen LogP contribution in [0.25, 0.3) is 0 Å². The van der Waals surface area contributed by atoms with Crippen molar-refractivity contribution in [2.75, 3.05) is 0 Å². The molecule has 0 aliphatic carbocycles. The molecule has 2 aromatic heterocycles. The van der Waals surface area contributed by atoms with Gasteiger partial charge in [-0.05, 0) is 13.3 Å². The van der Waals surface area contributed by atoms with Crippen molar-refractivity contribution >= 4 is 17.2 Å². The molecule has 0 bridgehead atoms. The fourth-order valence-electron chi connectivity index (χ4n) is 2.62. The standard InChI is InChI=1S/C15H20N4OS/c1-9(2)15-18-12(8-21-15)14(20)17-11-4-5-13-16-10(3)6-19(13)7-11/h6,8-9,11H,4-5,7H2,1-3H3,(H,17,20)/t11-/m1/s1. The first-order valence-corrected chi connectivity index (χ1v) is 8.20. The molecule has 0 spiro atoms. The first kappa shape index (κ1) is 14.3. The van der Waals surface area contributed by atoms with E-state index in [9.17, 15) is 4.79 Å². The quantitative estimate of drug-likeness (QED) is 0.948. The van der Waals surface area contributed by atoms with E-state index < -0.39 is 0 Å². The van der Waals surface area contributed by atoms with E-state index >= 15 is 0 Å². The van der Waals surface area contributed by atoms with Gasteiger partial charge in [0.05, 0.1) is 10.7 Å². The van der Waals surface area contributed by atoms with Gasteiger partial charge in [-0.25, -0.2) is 9.97 Å². The number of hydrogen-bond acceptors (Lipinski definition) is 4. The van der Waals surface area contributed by atoms with E-state index in [-0.39, 0.29) is 11.9 Å². The molecule has 0 aromatic carbocycles. The maximum Gasteiger partial charge on any atom is 0.271 e. The zero-order valence-electron chi connectivity index (χ0n) is 12.6. The Morgan fingerprint density at radius 2 is 2.29 bits per heavy atom. The van der Waals surface area contributed by atoms with Gasteiger partial charge < -0.3 is 9.88 Å². The van der Waals surface area contributed by atoms with Crippen LogP contribution in [-0.2, 0) is 13.0 Å². The third-order valence-corrected chi connectivity index (χ3v) is 4.84. The monoisotopic (exact) mass is 304 g/mol. The smallest absolute Gasteiger partial charge is 0.271 e. The van der Waals surface area contributed by atoms with E-state index in [1.165, 1.54) is 0 Å². The van der Waals surface area contributed by atoms with E-state index in [1.807, 2.05) is 18.5 Å². The number of aryl methyl sites for hydroxylation is 2. The highest BCUT2D eigenvalue weighted by molar-refractivity contribution is 7.09. The van der Waals surface area contributed by atoms with Crippen LogP contribution in [0.2, 0.25) is 0 Å². The van der Waals surface area contributed by atoms with Crippen LogP contribution in [0.3, 0.4) is 0 Å². The Labute approximate surface area is 128 Å². The molecular formula is C15H20N4OS. The molecule has 1 atom stereocenters. The summed E-state index contributed by atoms with van der Waals surface area (Å²) < 4.78 is 2.14. The molecular weight excluding hydrogens is 284 g/mol. The Bertz CT molecular complexity index is 658. The average Bonchev–Trinajstić information content (AvgIpc) is 3.03. The highest BCUT2D eigenvalue weighted by Gasteiger charge is 2.22. The van der Waals surface area contributed by atoms with Gasteiger partial charge in [-0.1, -0.05) is 13.8 Å². The molecule has 2 aromatic rings. The maximum atomic E-state index is 12.3. The summed E-state index contributed by atoms with van der Waals surface area (Å²) in [6, 6.07) is 0.155. The predicted molar refractivity (Wildman–Crippen MR) is 82.7 cm³/mol. The first-order chi connectivity index (χ1) is 10.0. The second-order valence-corrected chi connectivity index (χ2v) is 6.78. The number of thiazole rings is 1. The van der Waals surface area contributed by atoms with E-state index in [4.69, 9.17) is 0 Å². The molecule has 3 rings (SSSR count). The highest BCUT2D eigenvalue weighted by atomic mass is 32.1. The minimum Gasteiger partial charge on any atom is -0.346 e. The summed E-state index contributed by atoms with van der Waals surface area (Å²) in [5, 5.41) is 5.95. The van der Waals surface area contributed by atoms with Gasteiger partial charge >= 0.3 is 0 Å². The molecule has 0 unspecified atom stereocenters. The molecule has 0 saturated carbocycles. The lowest BCUT2D eigenvalue weighted by molar-refractivity contribution is 0.0923. The van der Waals surface area contributed by atoms with Gasteiger partial charge in [0, 0.05) is 36.5 Å². The summed E-state index contributed by atoms with van der Waals surface area (Å²) in [4.78, 5) is 21.2. The summed E-state index contributed by atoms with van der Waals surface area (Å²) in [6.45, 7) is 6.97. The molecule has 21 heavy (non-hydrogen) atoms. The molecule has 0 radical (unpaired) electrons. The molecule has 1 aliphatic heterocycles. The van der Waals surface area contributed by atoms with Crippen LogP contribution in [0, 0.1) is 6.92 Å². The summed E-state index contributed by atoms with van der Waals surface area (Å²) in [5.74, 6) is 1.42. The van der Waals surface area contributed by atoms with Gasteiger partial charge in [-0.2, -0.15) is 0 Å². The zero-order valence-corrected chi connectivity index (χ0v) is 13.4. The Kier molecular flexibility index (Phi) is 3.80. The first-order valence-electron chi connectivity index (χ1n) is 7.32. The molecule has 0 saturated heterocycles. The third kappa shape index (κ3) is 3.00. The minimum absolute atomic E-state index is 0.0663. The molecule has 6 heteroatoms. The second-order valence-electron chi connectivity index (χ2n) is 5.89. The number of rotatable bonds is 3. The Hall–Kier alpha value is -1.69. The number of fused-ring (bicyclic) bond motifs is 1. The zero-order chi connectivity index (χ0) is 15.0. The topological polar surface area (TPSA) is 59.8 Å². The van der Waals surface area contributed by atoms with Crippen LogP contribution >= 0.6 is 11.3 Å². The molecule has 1 amide bonds. The Morgan fingerprint density at radius 1 is 1.48 bits per heavy atom. The van der Waals surface area contributed by atoms with E-state index in [0.29, 0.717) is 11.6 Å². The van der Waals surface area contributed by atoms with Crippen molar-refractivity contribution in [3.63, 3.8) is 0 Å². The summed E-state index contributed by atoms with van der Waals surface area (Å²) in [5.41, 5.74) is 1.58. The number of aromatic nitrogens is 3. The van der Waals surface area contributed by atoms with Crippen molar-refractivity contribution in [1.82, 2.24) is 19.9 Å². The van der Waals surface area contributed by atoms with Gasteiger partial charge in [0.25, 0.3) is 5.91 Å².